The fraction of sp³-hybridized carbons (Fsp3) is 1.00. The molecule has 0 radical (unpaired) electrons. The minimum atomic E-state index is -0.714. The Balaban J connectivity index is 1.86. The molecule has 4 heteroatoms. The van der Waals surface area contributed by atoms with Gasteiger partial charge in [0.1, 0.15) is 0 Å². The van der Waals surface area contributed by atoms with Gasteiger partial charge in [0.2, 0.25) is 0 Å². The summed E-state index contributed by atoms with van der Waals surface area (Å²) in [5, 5.41) is 3.68. The van der Waals surface area contributed by atoms with Crippen molar-refractivity contribution in [3.05, 3.63) is 0 Å². The lowest BCUT2D eigenvalue weighted by atomic mass is 9.95. The monoisotopic (exact) mass is 245 g/mol. The van der Waals surface area contributed by atoms with Crippen LogP contribution in [-0.4, -0.2) is 41.0 Å². The van der Waals surface area contributed by atoms with E-state index in [2.05, 4.69) is 5.32 Å². The molecule has 2 fully saturated rings. The summed E-state index contributed by atoms with van der Waals surface area (Å²) in [6, 6.07) is 0.455. The number of hydrogen-bond acceptors (Lipinski definition) is 3. The van der Waals surface area contributed by atoms with Crippen LogP contribution in [0.15, 0.2) is 0 Å². The van der Waals surface area contributed by atoms with Crippen LogP contribution < -0.4 is 5.32 Å². The largest absolute Gasteiger partial charge is 0.377 e. The average Bonchev–Trinajstić information content (AvgIpc) is 2.81. The highest BCUT2D eigenvalue weighted by Crippen LogP contribution is 2.24. The molecule has 0 aromatic heterocycles. The summed E-state index contributed by atoms with van der Waals surface area (Å²) in [4.78, 5) is 0. The third-order valence-electron chi connectivity index (χ3n) is 3.79. The molecule has 1 heterocycles. The van der Waals surface area contributed by atoms with Gasteiger partial charge in [-0.05, 0) is 32.7 Å². The van der Waals surface area contributed by atoms with Crippen molar-refractivity contribution in [1.82, 2.24) is 5.32 Å². The first-order valence-electron chi connectivity index (χ1n) is 6.47. The zero-order valence-electron chi connectivity index (χ0n) is 10.1. The van der Waals surface area contributed by atoms with Gasteiger partial charge in [-0.15, -0.1) is 0 Å². The van der Waals surface area contributed by atoms with E-state index in [-0.39, 0.29) is 6.10 Å². The van der Waals surface area contributed by atoms with Crippen LogP contribution in [-0.2, 0) is 15.5 Å². The van der Waals surface area contributed by atoms with E-state index in [1.807, 2.05) is 7.05 Å². The molecule has 0 aromatic carbocycles. The number of ether oxygens (including phenoxy) is 1. The van der Waals surface area contributed by atoms with Gasteiger partial charge in [0.05, 0.1) is 17.1 Å². The van der Waals surface area contributed by atoms with Crippen LogP contribution >= 0.6 is 0 Å². The Labute approximate surface area is 101 Å². The Hall–Kier alpha value is 0.0700. The van der Waals surface area contributed by atoms with Gasteiger partial charge in [0, 0.05) is 23.4 Å². The molecule has 16 heavy (non-hydrogen) atoms. The van der Waals surface area contributed by atoms with Gasteiger partial charge >= 0.3 is 0 Å². The SMILES string of the molecule is CNC1CCCCC1S(=O)CC1CCCO1. The van der Waals surface area contributed by atoms with Gasteiger partial charge in [-0.25, -0.2) is 0 Å². The first-order valence-corrected chi connectivity index (χ1v) is 7.85. The highest BCUT2D eigenvalue weighted by atomic mass is 32.2. The summed E-state index contributed by atoms with van der Waals surface area (Å²) < 4.78 is 17.9. The van der Waals surface area contributed by atoms with E-state index in [1.165, 1.54) is 19.3 Å². The lowest BCUT2D eigenvalue weighted by Gasteiger charge is -2.31. The fourth-order valence-electron chi connectivity index (χ4n) is 2.82. The van der Waals surface area contributed by atoms with Gasteiger partial charge in [-0.2, -0.15) is 0 Å². The maximum Gasteiger partial charge on any atom is 0.0691 e. The van der Waals surface area contributed by atoms with E-state index >= 15 is 0 Å². The van der Waals surface area contributed by atoms with E-state index < -0.39 is 10.8 Å². The smallest absolute Gasteiger partial charge is 0.0691 e. The van der Waals surface area contributed by atoms with Crippen molar-refractivity contribution in [2.24, 2.45) is 0 Å². The standard InChI is InChI=1S/C12H23NO2S/c1-13-11-6-2-3-7-12(11)16(14)9-10-5-4-8-15-10/h10-13H,2-9H2,1H3. The van der Waals surface area contributed by atoms with Crippen molar-refractivity contribution in [2.45, 2.75) is 55.9 Å². The normalized spacial score (nSPS) is 37.4. The second kappa shape index (κ2) is 6.12. The molecule has 0 bridgehead atoms. The number of nitrogens with one attached hydrogen (secondary N) is 1. The highest BCUT2D eigenvalue weighted by molar-refractivity contribution is 7.85. The third kappa shape index (κ3) is 3.05. The average molecular weight is 245 g/mol. The van der Waals surface area contributed by atoms with Crippen molar-refractivity contribution >= 4 is 10.8 Å². The maximum absolute atomic E-state index is 12.3. The van der Waals surface area contributed by atoms with Crippen LogP contribution in [0.5, 0.6) is 0 Å². The molecule has 0 amide bonds. The van der Waals surface area contributed by atoms with E-state index in [9.17, 15) is 4.21 Å². The van der Waals surface area contributed by atoms with Crippen LogP contribution in [0.2, 0.25) is 0 Å². The van der Waals surface area contributed by atoms with Gasteiger partial charge in [0.15, 0.2) is 0 Å². The zero-order valence-corrected chi connectivity index (χ0v) is 10.9. The molecule has 3 nitrogen and oxygen atoms in total. The molecule has 4 atom stereocenters. The Bertz CT molecular complexity index is 241. The second-order valence-corrected chi connectivity index (χ2v) is 6.60. The van der Waals surface area contributed by atoms with E-state index in [0.717, 1.165) is 31.6 Å². The first kappa shape index (κ1) is 12.5. The Kier molecular flexibility index (Phi) is 4.79. The van der Waals surface area contributed by atoms with Gasteiger partial charge < -0.3 is 10.1 Å². The van der Waals surface area contributed by atoms with E-state index in [4.69, 9.17) is 4.74 Å². The predicted octanol–water partition coefficient (Wildman–Crippen LogP) is 1.44. The van der Waals surface area contributed by atoms with Crippen LogP contribution in [0.25, 0.3) is 0 Å². The highest BCUT2D eigenvalue weighted by Gasteiger charge is 2.30. The molecule has 94 valence electrons. The van der Waals surface area contributed by atoms with Crippen molar-refractivity contribution < 1.29 is 8.95 Å². The molecule has 1 saturated heterocycles. The molecule has 0 aromatic rings. The molecular weight excluding hydrogens is 222 g/mol. The minimum absolute atomic E-state index is 0.264. The summed E-state index contributed by atoms with van der Waals surface area (Å²) in [5.74, 6) is 0.753. The van der Waals surface area contributed by atoms with Crippen molar-refractivity contribution in [3.8, 4) is 0 Å². The molecule has 4 unspecified atom stereocenters. The summed E-state index contributed by atoms with van der Waals surface area (Å²) in [5.41, 5.74) is 0. The van der Waals surface area contributed by atoms with Crippen LogP contribution in [0.4, 0.5) is 0 Å². The third-order valence-corrected chi connectivity index (χ3v) is 5.73. The predicted molar refractivity (Wildman–Crippen MR) is 67.1 cm³/mol. The number of rotatable bonds is 4. The Morgan fingerprint density at radius 3 is 2.75 bits per heavy atom. The topological polar surface area (TPSA) is 38.3 Å². The van der Waals surface area contributed by atoms with Crippen molar-refractivity contribution in [2.75, 3.05) is 19.4 Å². The molecular formula is C12H23NO2S. The summed E-state index contributed by atoms with van der Waals surface area (Å²) in [6.45, 7) is 0.863. The molecule has 1 saturated carbocycles. The van der Waals surface area contributed by atoms with Crippen molar-refractivity contribution in [3.63, 3.8) is 0 Å². The van der Waals surface area contributed by atoms with Crippen LogP contribution in [0.1, 0.15) is 38.5 Å². The molecule has 2 aliphatic rings. The molecule has 1 aliphatic heterocycles. The molecule has 1 aliphatic carbocycles. The molecule has 0 spiro atoms. The van der Waals surface area contributed by atoms with E-state index in [1.54, 1.807) is 0 Å². The summed E-state index contributed by atoms with van der Waals surface area (Å²) >= 11 is 0. The zero-order chi connectivity index (χ0) is 11.4. The Morgan fingerprint density at radius 1 is 1.25 bits per heavy atom. The quantitative estimate of drug-likeness (QED) is 0.814. The Morgan fingerprint density at radius 2 is 2.06 bits per heavy atom. The van der Waals surface area contributed by atoms with Crippen LogP contribution in [0, 0.1) is 0 Å². The van der Waals surface area contributed by atoms with Crippen LogP contribution in [0.3, 0.4) is 0 Å². The van der Waals surface area contributed by atoms with Gasteiger partial charge in [0.25, 0.3) is 0 Å². The van der Waals surface area contributed by atoms with Gasteiger partial charge in [-0.1, -0.05) is 12.8 Å². The van der Waals surface area contributed by atoms with E-state index in [0.29, 0.717) is 11.3 Å². The lowest BCUT2D eigenvalue weighted by molar-refractivity contribution is 0.128. The maximum atomic E-state index is 12.3. The summed E-state index contributed by atoms with van der Waals surface area (Å²) in [7, 11) is 1.28. The first-order chi connectivity index (χ1) is 7.81. The minimum Gasteiger partial charge on any atom is -0.377 e. The van der Waals surface area contributed by atoms with Crippen molar-refractivity contribution in [1.29, 1.82) is 0 Å². The van der Waals surface area contributed by atoms with Gasteiger partial charge in [-0.3, -0.25) is 4.21 Å². The molecule has 2 rings (SSSR count). The fourth-order valence-corrected chi connectivity index (χ4v) is 4.77. The molecule has 1 N–H and O–H groups in total. The number of hydrogen-bond donors (Lipinski definition) is 1. The lowest BCUT2D eigenvalue weighted by Crippen LogP contribution is -2.44. The summed E-state index contributed by atoms with van der Waals surface area (Å²) in [6.07, 6.45) is 7.31. The second-order valence-electron chi connectivity index (χ2n) is 4.90.